The number of nitrogens with two attached hydrogens (primary N) is 1. The van der Waals surface area contributed by atoms with Gasteiger partial charge in [-0.25, -0.2) is 0 Å². The van der Waals surface area contributed by atoms with Gasteiger partial charge >= 0.3 is 0 Å². The number of ether oxygens (including phenoxy) is 2. The number of aromatic nitrogens is 2. The average molecular weight is 467 g/mol. The van der Waals surface area contributed by atoms with Gasteiger partial charge in [-0.05, 0) is 48.2 Å². The maximum Gasteiger partial charge on any atom is 0.298 e. The summed E-state index contributed by atoms with van der Waals surface area (Å²) in [6, 6.07) is 15.2. The van der Waals surface area contributed by atoms with E-state index in [0.717, 1.165) is 16.9 Å². The number of hydrogen-bond acceptors (Lipinski definition) is 7. The molecule has 1 fully saturated rings. The molecule has 172 valence electrons. The first-order valence-electron chi connectivity index (χ1n) is 10.8. The molecular formula is C24H26N4O4S. The third-order valence-corrected chi connectivity index (χ3v) is 6.31. The maximum absolute atomic E-state index is 12.6. The van der Waals surface area contributed by atoms with Crippen LogP contribution >= 0.6 is 11.5 Å². The SMILES string of the molecule is COc1cccc(Cc2nsc(Oc3ccc(CC(=O)N4CCC(C(N)=O)CC4)cc3)n2)c1. The van der Waals surface area contributed by atoms with E-state index in [1.165, 1.54) is 11.5 Å². The Hall–Kier alpha value is -3.46. The van der Waals surface area contributed by atoms with Crippen molar-refractivity contribution in [1.29, 1.82) is 0 Å². The van der Waals surface area contributed by atoms with Crippen LogP contribution in [0.3, 0.4) is 0 Å². The molecule has 0 aliphatic carbocycles. The van der Waals surface area contributed by atoms with Crippen LogP contribution in [0.1, 0.15) is 29.8 Å². The fraction of sp³-hybridized carbons (Fsp3) is 0.333. The van der Waals surface area contributed by atoms with Crippen LogP contribution in [0, 0.1) is 5.92 Å². The number of hydrogen-bond donors (Lipinski definition) is 1. The number of likely N-dealkylation sites (tertiary alicyclic amines) is 1. The van der Waals surface area contributed by atoms with Crippen molar-refractivity contribution >= 4 is 23.3 Å². The fourth-order valence-electron chi connectivity index (χ4n) is 3.79. The van der Waals surface area contributed by atoms with E-state index >= 15 is 0 Å². The molecule has 1 aliphatic rings. The number of piperidine rings is 1. The monoisotopic (exact) mass is 466 g/mol. The zero-order chi connectivity index (χ0) is 23.2. The van der Waals surface area contributed by atoms with E-state index in [0.29, 0.717) is 55.5 Å². The van der Waals surface area contributed by atoms with Crippen LogP contribution in [0.5, 0.6) is 16.7 Å². The molecule has 3 aromatic rings. The number of primary amides is 1. The van der Waals surface area contributed by atoms with Crippen molar-refractivity contribution in [1.82, 2.24) is 14.3 Å². The Balaban J connectivity index is 1.29. The molecule has 2 heterocycles. The lowest BCUT2D eigenvalue weighted by Crippen LogP contribution is -2.42. The molecule has 0 unspecified atom stereocenters. The first kappa shape index (κ1) is 22.7. The predicted octanol–water partition coefficient (Wildman–Crippen LogP) is 3.20. The summed E-state index contributed by atoms with van der Waals surface area (Å²) in [6.07, 6.45) is 2.17. The first-order valence-corrected chi connectivity index (χ1v) is 11.6. The highest BCUT2D eigenvalue weighted by molar-refractivity contribution is 7.07. The van der Waals surface area contributed by atoms with Gasteiger partial charge in [0.1, 0.15) is 11.5 Å². The quantitative estimate of drug-likeness (QED) is 0.546. The van der Waals surface area contributed by atoms with Crippen LogP contribution in [0.4, 0.5) is 0 Å². The number of benzene rings is 2. The third-order valence-electron chi connectivity index (χ3n) is 5.68. The van der Waals surface area contributed by atoms with Crippen LogP contribution in [0.2, 0.25) is 0 Å². The van der Waals surface area contributed by atoms with Crippen LogP contribution in [0.15, 0.2) is 48.5 Å². The van der Waals surface area contributed by atoms with Crippen molar-refractivity contribution in [3.8, 4) is 16.7 Å². The summed E-state index contributed by atoms with van der Waals surface area (Å²) >= 11 is 1.20. The molecule has 8 nitrogen and oxygen atoms in total. The lowest BCUT2D eigenvalue weighted by atomic mass is 9.96. The highest BCUT2D eigenvalue weighted by Gasteiger charge is 2.25. The van der Waals surface area contributed by atoms with Gasteiger partial charge in [-0.15, -0.1) is 0 Å². The summed E-state index contributed by atoms with van der Waals surface area (Å²) in [4.78, 5) is 30.1. The Morgan fingerprint density at radius 1 is 1.09 bits per heavy atom. The van der Waals surface area contributed by atoms with Gasteiger partial charge in [-0.1, -0.05) is 24.3 Å². The predicted molar refractivity (Wildman–Crippen MR) is 124 cm³/mol. The number of nitrogens with zero attached hydrogens (tertiary/aromatic N) is 3. The molecule has 2 aromatic carbocycles. The Morgan fingerprint density at radius 3 is 2.55 bits per heavy atom. The molecule has 1 aromatic heterocycles. The van der Waals surface area contributed by atoms with Crippen LogP contribution < -0.4 is 15.2 Å². The molecule has 0 saturated carbocycles. The van der Waals surface area contributed by atoms with E-state index in [4.69, 9.17) is 15.2 Å². The van der Waals surface area contributed by atoms with Gasteiger partial charge in [0, 0.05) is 37.0 Å². The van der Waals surface area contributed by atoms with Crippen molar-refractivity contribution in [3.05, 3.63) is 65.5 Å². The molecule has 0 atom stereocenters. The molecule has 0 radical (unpaired) electrons. The highest BCUT2D eigenvalue weighted by atomic mass is 32.1. The lowest BCUT2D eigenvalue weighted by molar-refractivity contribution is -0.134. The molecule has 0 bridgehead atoms. The van der Waals surface area contributed by atoms with Crippen molar-refractivity contribution in [2.45, 2.75) is 25.7 Å². The van der Waals surface area contributed by atoms with Gasteiger partial charge in [0.05, 0.1) is 13.5 Å². The van der Waals surface area contributed by atoms with Crippen molar-refractivity contribution in [3.63, 3.8) is 0 Å². The number of rotatable bonds is 8. The average Bonchev–Trinajstić information content (AvgIpc) is 3.27. The van der Waals surface area contributed by atoms with Gasteiger partial charge in [-0.2, -0.15) is 9.36 Å². The topological polar surface area (TPSA) is 108 Å². The number of carbonyl (C=O) groups is 2. The zero-order valence-corrected chi connectivity index (χ0v) is 19.2. The van der Waals surface area contributed by atoms with Crippen molar-refractivity contribution in [2.24, 2.45) is 11.7 Å². The van der Waals surface area contributed by atoms with Crippen LogP contribution in [-0.4, -0.2) is 46.3 Å². The van der Waals surface area contributed by atoms with E-state index in [1.54, 1.807) is 12.0 Å². The molecule has 2 N–H and O–H groups in total. The van der Waals surface area contributed by atoms with Crippen molar-refractivity contribution in [2.75, 3.05) is 20.2 Å². The first-order chi connectivity index (χ1) is 16.0. The molecule has 33 heavy (non-hydrogen) atoms. The Bertz CT molecular complexity index is 1110. The van der Waals surface area contributed by atoms with E-state index in [1.807, 2.05) is 48.5 Å². The third kappa shape index (κ3) is 6.07. The highest BCUT2D eigenvalue weighted by Crippen LogP contribution is 2.25. The van der Waals surface area contributed by atoms with Crippen LogP contribution in [0.25, 0.3) is 0 Å². The Labute approximate surface area is 196 Å². The smallest absolute Gasteiger partial charge is 0.298 e. The van der Waals surface area contributed by atoms with E-state index in [2.05, 4.69) is 9.36 Å². The number of carbonyl (C=O) groups excluding carboxylic acids is 2. The second-order valence-corrected chi connectivity index (χ2v) is 8.70. The minimum Gasteiger partial charge on any atom is -0.497 e. The van der Waals surface area contributed by atoms with Crippen LogP contribution in [-0.2, 0) is 22.4 Å². The second kappa shape index (κ2) is 10.4. The summed E-state index contributed by atoms with van der Waals surface area (Å²) in [5, 5.41) is 0.467. The summed E-state index contributed by atoms with van der Waals surface area (Å²) in [5.74, 6) is 1.77. The molecule has 1 saturated heterocycles. The minimum atomic E-state index is -0.277. The van der Waals surface area contributed by atoms with E-state index in [9.17, 15) is 9.59 Å². The summed E-state index contributed by atoms with van der Waals surface area (Å²) in [6.45, 7) is 1.14. The molecule has 9 heteroatoms. The second-order valence-electron chi connectivity index (χ2n) is 7.99. The normalized spacial score (nSPS) is 14.2. The summed E-state index contributed by atoms with van der Waals surface area (Å²) in [5.41, 5.74) is 7.33. The summed E-state index contributed by atoms with van der Waals surface area (Å²) in [7, 11) is 1.64. The van der Waals surface area contributed by atoms with E-state index < -0.39 is 0 Å². The van der Waals surface area contributed by atoms with Crippen molar-refractivity contribution < 1.29 is 19.1 Å². The number of amides is 2. The Morgan fingerprint density at radius 2 is 1.85 bits per heavy atom. The standard InChI is InChI=1S/C24H26N4O4S/c1-31-20-4-2-3-17(13-20)14-21-26-24(33-27-21)32-19-7-5-16(6-8-19)15-22(29)28-11-9-18(10-12-28)23(25)30/h2-8,13,18H,9-12,14-15H2,1H3,(H2,25,30). The fourth-order valence-corrected chi connectivity index (χ4v) is 4.36. The largest absolute Gasteiger partial charge is 0.497 e. The summed E-state index contributed by atoms with van der Waals surface area (Å²) < 4.78 is 15.5. The lowest BCUT2D eigenvalue weighted by Gasteiger charge is -2.30. The van der Waals surface area contributed by atoms with Gasteiger partial charge in [0.2, 0.25) is 11.8 Å². The van der Waals surface area contributed by atoms with Gasteiger partial charge in [-0.3, -0.25) is 9.59 Å². The maximum atomic E-state index is 12.6. The van der Waals surface area contributed by atoms with Gasteiger partial charge in [0.15, 0.2) is 5.82 Å². The van der Waals surface area contributed by atoms with Gasteiger partial charge in [0.25, 0.3) is 5.19 Å². The molecule has 2 amide bonds. The number of methoxy groups -OCH3 is 1. The zero-order valence-electron chi connectivity index (χ0n) is 18.4. The molecule has 1 aliphatic heterocycles. The molecular weight excluding hydrogens is 440 g/mol. The van der Waals surface area contributed by atoms with E-state index in [-0.39, 0.29) is 17.7 Å². The molecule has 0 spiro atoms. The Kier molecular flexibility index (Phi) is 7.19. The minimum absolute atomic E-state index is 0.0536. The molecule has 4 rings (SSSR count). The van der Waals surface area contributed by atoms with Gasteiger partial charge < -0.3 is 20.1 Å².